The Labute approximate surface area is 133 Å². The van der Waals surface area contributed by atoms with Crippen LogP contribution in [0.2, 0.25) is 5.02 Å². The molecule has 2 N–H and O–H groups in total. The largest absolute Gasteiger partial charge is 0.492 e. The van der Waals surface area contributed by atoms with E-state index in [0.717, 1.165) is 11.3 Å². The van der Waals surface area contributed by atoms with Gasteiger partial charge in [0.1, 0.15) is 16.6 Å². The van der Waals surface area contributed by atoms with Crippen molar-refractivity contribution >= 4 is 38.6 Å². The first-order chi connectivity index (χ1) is 9.89. The molecule has 5 nitrogen and oxygen atoms in total. The van der Waals surface area contributed by atoms with Gasteiger partial charge in [-0.1, -0.05) is 11.6 Å². The van der Waals surface area contributed by atoms with Crippen LogP contribution in [0.15, 0.2) is 39.9 Å². The molecule has 0 saturated carbocycles. The molecule has 114 valence electrons. The van der Waals surface area contributed by atoms with Gasteiger partial charge in [0.2, 0.25) is 0 Å². The number of nitrogens with two attached hydrogens (primary N) is 1. The Hall–Kier alpha value is -1.28. The van der Waals surface area contributed by atoms with Gasteiger partial charge >= 0.3 is 0 Å². The predicted octanol–water partition coefficient (Wildman–Crippen LogP) is 2.68. The second-order valence-electron chi connectivity index (χ2n) is 4.33. The maximum Gasteiger partial charge on any atom is 0.252 e. The molecule has 1 aromatic heterocycles. The Balaban J connectivity index is 1.92. The first kappa shape index (κ1) is 16.1. The maximum absolute atomic E-state index is 12.2. The average molecular weight is 347 g/mol. The summed E-state index contributed by atoms with van der Waals surface area (Å²) in [6.45, 7) is 0.487. The quantitative estimate of drug-likeness (QED) is 0.872. The standard InChI is InChI=1S/C13H15ClN2O3S2/c1-16(21(17,18)13-8-11(15)9-20-13)6-7-19-12-4-2-10(14)3-5-12/h2-5,8-9H,6-7,15H2,1H3. The molecular weight excluding hydrogens is 332 g/mol. The van der Waals surface area contributed by atoms with E-state index in [1.807, 2.05) is 0 Å². The minimum absolute atomic E-state index is 0.231. The second kappa shape index (κ2) is 6.65. The van der Waals surface area contributed by atoms with Crippen molar-refractivity contribution in [2.75, 3.05) is 25.9 Å². The van der Waals surface area contributed by atoms with Crippen molar-refractivity contribution in [2.24, 2.45) is 0 Å². The molecule has 0 aliphatic rings. The summed E-state index contributed by atoms with van der Waals surface area (Å²) < 4.78 is 31.4. The Morgan fingerprint density at radius 3 is 2.57 bits per heavy atom. The van der Waals surface area contributed by atoms with E-state index in [-0.39, 0.29) is 17.4 Å². The minimum atomic E-state index is -3.51. The average Bonchev–Trinajstić information content (AvgIpc) is 2.88. The van der Waals surface area contributed by atoms with Crippen LogP contribution in [0.25, 0.3) is 0 Å². The van der Waals surface area contributed by atoms with Crippen molar-refractivity contribution in [2.45, 2.75) is 4.21 Å². The highest BCUT2D eigenvalue weighted by Crippen LogP contribution is 2.24. The molecule has 1 aromatic carbocycles. The SMILES string of the molecule is CN(CCOc1ccc(Cl)cc1)S(=O)(=O)c1cc(N)cs1. The molecule has 0 fully saturated rings. The third kappa shape index (κ3) is 4.10. The molecule has 0 bridgehead atoms. The monoisotopic (exact) mass is 346 g/mol. The van der Waals surface area contributed by atoms with Crippen LogP contribution >= 0.6 is 22.9 Å². The molecule has 1 heterocycles. The zero-order valence-corrected chi connectivity index (χ0v) is 13.7. The lowest BCUT2D eigenvalue weighted by Crippen LogP contribution is -2.30. The number of rotatable bonds is 6. The van der Waals surface area contributed by atoms with Crippen LogP contribution in [-0.2, 0) is 10.0 Å². The number of likely N-dealkylation sites (N-methyl/N-ethyl adjacent to an activating group) is 1. The van der Waals surface area contributed by atoms with E-state index >= 15 is 0 Å². The lowest BCUT2D eigenvalue weighted by atomic mass is 10.3. The number of ether oxygens (including phenoxy) is 1. The third-order valence-corrected chi connectivity index (χ3v) is 6.29. The summed E-state index contributed by atoms with van der Waals surface area (Å²) in [6, 6.07) is 8.35. The summed E-state index contributed by atoms with van der Waals surface area (Å²) in [6.07, 6.45) is 0. The Morgan fingerprint density at radius 1 is 1.33 bits per heavy atom. The van der Waals surface area contributed by atoms with Gasteiger partial charge < -0.3 is 10.5 Å². The van der Waals surface area contributed by atoms with E-state index in [0.29, 0.717) is 16.5 Å². The number of hydrogen-bond donors (Lipinski definition) is 1. The number of nitrogens with zero attached hydrogens (tertiary/aromatic N) is 1. The molecule has 0 amide bonds. The van der Waals surface area contributed by atoms with E-state index in [9.17, 15) is 8.42 Å². The number of benzene rings is 1. The molecule has 0 radical (unpaired) electrons. The summed E-state index contributed by atoms with van der Waals surface area (Å²) >= 11 is 6.88. The van der Waals surface area contributed by atoms with Crippen molar-refractivity contribution < 1.29 is 13.2 Å². The van der Waals surface area contributed by atoms with Crippen molar-refractivity contribution in [1.82, 2.24) is 4.31 Å². The zero-order chi connectivity index (χ0) is 15.5. The number of anilines is 1. The van der Waals surface area contributed by atoms with Gasteiger partial charge in [0.15, 0.2) is 0 Å². The first-order valence-corrected chi connectivity index (χ1v) is 8.78. The van der Waals surface area contributed by atoms with Gasteiger partial charge in [-0.2, -0.15) is 4.31 Å². The Morgan fingerprint density at radius 2 is 2.00 bits per heavy atom. The molecule has 0 spiro atoms. The molecule has 2 rings (SSSR count). The number of thiophene rings is 1. The van der Waals surface area contributed by atoms with Crippen LogP contribution in [-0.4, -0.2) is 32.9 Å². The van der Waals surface area contributed by atoms with E-state index in [4.69, 9.17) is 22.1 Å². The highest BCUT2D eigenvalue weighted by Gasteiger charge is 2.22. The van der Waals surface area contributed by atoms with Crippen LogP contribution in [0.3, 0.4) is 0 Å². The predicted molar refractivity (Wildman–Crippen MR) is 85.5 cm³/mol. The van der Waals surface area contributed by atoms with Crippen LogP contribution in [0.1, 0.15) is 0 Å². The van der Waals surface area contributed by atoms with Crippen LogP contribution in [0, 0.1) is 0 Å². The molecular formula is C13H15ClN2O3S2. The second-order valence-corrected chi connectivity index (χ2v) is 7.95. The van der Waals surface area contributed by atoms with Gasteiger partial charge in [0.05, 0.1) is 0 Å². The molecule has 2 aromatic rings. The fourth-order valence-electron chi connectivity index (χ4n) is 1.56. The van der Waals surface area contributed by atoms with Gasteiger partial charge in [-0.05, 0) is 30.3 Å². The summed E-state index contributed by atoms with van der Waals surface area (Å²) in [5.74, 6) is 0.644. The highest BCUT2D eigenvalue weighted by molar-refractivity contribution is 7.91. The zero-order valence-electron chi connectivity index (χ0n) is 11.3. The summed E-state index contributed by atoms with van der Waals surface area (Å²) in [5.41, 5.74) is 6.00. The fraction of sp³-hybridized carbons (Fsp3) is 0.231. The lowest BCUT2D eigenvalue weighted by Gasteiger charge is -2.16. The number of hydrogen-bond acceptors (Lipinski definition) is 5. The lowest BCUT2D eigenvalue weighted by molar-refractivity contribution is 0.287. The molecule has 0 saturated heterocycles. The van der Waals surface area contributed by atoms with Crippen LogP contribution in [0.5, 0.6) is 5.75 Å². The van der Waals surface area contributed by atoms with Crippen molar-refractivity contribution in [1.29, 1.82) is 0 Å². The third-order valence-electron chi connectivity index (χ3n) is 2.75. The summed E-state index contributed by atoms with van der Waals surface area (Å²) in [4.78, 5) is 0. The minimum Gasteiger partial charge on any atom is -0.492 e. The van der Waals surface area contributed by atoms with E-state index in [2.05, 4.69) is 0 Å². The van der Waals surface area contributed by atoms with Crippen molar-refractivity contribution in [3.8, 4) is 5.75 Å². The Bertz CT molecular complexity index is 698. The maximum atomic E-state index is 12.2. The number of nitrogen functional groups attached to an aromatic ring is 1. The first-order valence-electron chi connectivity index (χ1n) is 6.08. The van der Waals surface area contributed by atoms with Gasteiger partial charge in [-0.15, -0.1) is 11.3 Å². The number of sulfonamides is 1. The fourth-order valence-corrected chi connectivity index (χ4v) is 4.13. The van der Waals surface area contributed by atoms with Crippen molar-refractivity contribution in [3.63, 3.8) is 0 Å². The molecule has 0 atom stereocenters. The Kier molecular flexibility index (Phi) is 5.10. The number of halogens is 1. The molecule has 8 heteroatoms. The van der Waals surface area contributed by atoms with E-state index in [1.165, 1.54) is 17.4 Å². The summed E-state index contributed by atoms with van der Waals surface area (Å²) in [7, 11) is -2.00. The molecule has 21 heavy (non-hydrogen) atoms. The van der Waals surface area contributed by atoms with Crippen molar-refractivity contribution in [3.05, 3.63) is 40.7 Å². The summed E-state index contributed by atoms with van der Waals surface area (Å²) in [5, 5.41) is 2.22. The molecule has 0 aliphatic carbocycles. The molecule has 0 unspecified atom stereocenters. The van der Waals surface area contributed by atoms with Crippen LogP contribution < -0.4 is 10.5 Å². The van der Waals surface area contributed by atoms with Gasteiger partial charge in [0, 0.05) is 29.7 Å². The van der Waals surface area contributed by atoms with Gasteiger partial charge in [-0.3, -0.25) is 0 Å². The van der Waals surface area contributed by atoms with E-state index in [1.54, 1.807) is 29.6 Å². The van der Waals surface area contributed by atoms with Gasteiger partial charge in [-0.25, -0.2) is 8.42 Å². The van der Waals surface area contributed by atoms with Crippen LogP contribution in [0.4, 0.5) is 5.69 Å². The highest BCUT2D eigenvalue weighted by atomic mass is 35.5. The van der Waals surface area contributed by atoms with E-state index < -0.39 is 10.0 Å². The van der Waals surface area contributed by atoms with Gasteiger partial charge in [0.25, 0.3) is 10.0 Å². The molecule has 0 aliphatic heterocycles. The smallest absolute Gasteiger partial charge is 0.252 e. The topological polar surface area (TPSA) is 72.6 Å². The normalized spacial score (nSPS) is 11.8.